The molecule has 0 saturated carbocycles. The summed E-state index contributed by atoms with van der Waals surface area (Å²) in [6, 6.07) is 13.3. The van der Waals surface area contributed by atoms with Gasteiger partial charge in [0.05, 0.1) is 4.90 Å². The Kier molecular flexibility index (Phi) is 5.75. The number of aryl methyl sites for hydroxylation is 1. The van der Waals surface area contributed by atoms with E-state index in [1.54, 1.807) is 0 Å². The summed E-state index contributed by atoms with van der Waals surface area (Å²) in [4.78, 5) is 12.3. The van der Waals surface area contributed by atoms with Crippen molar-refractivity contribution in [1.29, 1.82) is 0 Å². The van der Waals surface area contributed by atoms with Crippen LogP contribution in [0.1, 0.15) is 29.8 Å². The van der Waals surface area contributed by atoms with E-state index in [0.717, 1.165) is 5.56 Å². The molecular formula is C18H22N2O3S. The van der Waals surface area contributed by atoms with Gasteiger partial charge in [-0.15, -0.1) is 0 Å². The van der Waals surface area contributed by atoms with Crippen molar-refractivity contribution in [2.24, 2.45) is 5.92 Å². The van der Waals surface area contributed by atoms with Crippen LogP contribution in [-0.4, -0.2) is 20.9 Å². The van der Waals surface area contributed by atoms with Crippen LogP contribution in [0.25, 0.3) is 0 Å². The molecule has 0 atom stereocenters. The van der Waals surface area contributed by atoms with Gasteiger partial charge in [-0.3, -0.25) is 4.79 Å². The fraction of sp³-hybridized carbons (Fsp3) is 0.278. The van der Waals surface area contributed by atoms with Gasteiger partial charge in [0.15, 0.2) is 0 Å². The molecule has 0 unspecified atom stereocenters. The summed E-state index contributed by atoms with van der Waals surface area (Å²) in [5.41, 5.74) is 2.20. The number of nitrogens with one attached hydrogen (secondary N) is 2. The molecular weight excluding hydrogens is 324 g/mol. The third-order valence-corrected chi connectivity index (χ3v) is 4.86. The van der Waals surface area contributed by atoms with Gasteiger partial charge < -0.3 is 5.32 Å². The molecule has 0 heterocycles. The first-order valence-electron chi connectivity index (χ1n) is 7.75. The molecule has 0 aliphatic heterocycles. The molecule has 0 fully saturated rings. The van der Waals surface area contributed by atoms with Crippen LogP contribution in [0.5, 0.6) is 0 Å². The molecule has 0 aliphatic rings. The number of rotatable bonds is 6. The second-order valence-electron chi connectivity index (χ2n) is 6.09. The van der Waals surface area contributed by atoms with Gasteiger partial charge in [0.2, 0.25) is 10.0 Å². The number of carbonyl (C=O) groups excluding carboxylic acids is 1. The van der Waals surface area contributed by atoms with Crippen molar-refractivity contribution in [3.8, 4) is 0 Å². The minimum atomic E-state index is -3.54. The summed E-state index contributed by atoms with van der Waals surface area (Å²) in [6.45, 7) is 6.21. The van der Waals surface area contributed by atoms with Crippen molar-refractivity contribution < 1.29 is 13.2 Å². The number of sulfonamides is 1. The Bertz CT molecular complexity index is 795. The molecule has 1 amide bonds. The third kappa shape index (κ3) is 4.91. The molecule has 0 bridgehead atoms. The third-order valence-electron chi connectivity index (χ3n) is 3.42. The fourth-order valence-corrected chi connectivity index (χ4v) is 3.20. The number of hydrogen-bond donors (Lipinski definition) is 2. The molecule has 2 aromatic rings. The van der Waals surface area contributed by atoms with Gasteiger partial charge in [-0.05, 0) is 49.2 Å². The number of benzene rings is 2. The van der Waals surface area contributed by atoms with E-state index in [2.05, 4.69) is 10.0 Å². The summed E-state index contributed by atoms with van der Waals surface area (Å²) in [7, 11) is -3.54. The van der Waals surface area contributed by atoms with E-state index in [1.165, 1.54) is 24.3 Å². The van der Waals surface area contributed by atoms with Crippen molar-refractivity contribution in [2.45, 2.75) is 25.7 Å². The zero-order chi connectivity index (χ0) is 17.7. The Morgan fingerprint density at radius 1 is 1.00 bits per heavy atom. The average molecular weight is 346 g/mol. The maximum Gasteiger partial charge on any atom is 0.255 e. The van der Waals surface area contributed by atoms with Crippen molar-refractivity contribution in [3.05, 3.63) is 59.7 Å². The molecule has 6 heteroatoms. The molecule has 0 aliphatic carbocycles. The highest BCUT2D eigenvalue weighted by Gasteiger charge is 2.15. The zero-order valence-electron chi connectivity index (χ0n) is 14.0. The molecule has 0 aromatic heterocycles. The van der Waals surface area contributed by atoms with Gasteiger partial charge >= 0.3 is 0 Å². The standard InChI is InChI=1S/C18H22N2O3S/c1-13(2)12-19-24(22,23)17-10-6-15(7-11-17)18(21)20-16-8-4-14(3)5-9-16/h4-11,13,19H,12H2,1-3H3,(H,20,21). The Hall–Kier alpha value is -2.18. The van der Waals surface area contributed by atoms with Gasteiger partial charge in [0.25, 0.3) is 5.91 Å². The smallest absolute Gasteiger partial charge is 0.255 e. The number of carbonyl (C=O) groups is 1. The van der Waals surface area contributed by atoms with E-state index in [-0.39, 0.29) is 16.7 Å². The van der Waals surface area contributed by atoms with Crippen molar-refractivity contribution in [1.82, 2.24) is 4.72 Å². The molecule has 0 radical (unpaired) electrons. The Labute approximate surface area is 143 Å². The predicted molar refractivity (Wildman–Crippen MR) is 95.6 cm³/mol. The average Bonchev–Trinajstić information content (AvgIpc) is 2.55. The van der Waals surface area contributed by atoms with Crippen LogP contribution in [0.4, 0.5) is 5.69 Å². The Morgan fingerprint density at radius 3 is 2.12 bits per heavy atom. The van der Waals surface area contributed by atoms with E-state index in [1.807, 2.05) is 45.0 Å². The zero-order valence-corrected chi connectivity index (χ0v) is 14.9. The summed E-state index contributed by atoms with van der Waals surface area (Å²) < 4.78 is 26.8. The molecule has 5 nitrogen and oxygen atoms in total. The number of amides is 1. The van der Waals surface area contributed by atoms with Crippen molar-refractivity contribution >= 4 is 21.6 Å². The van der Waals surface area contributed by atoms with Crippen molar-refractivity contribution in [2.75, 3.05) is 11.9 Å². The van der Waals surface area contributed by atoms with Crippen LogP contribution in [0, 0.1) is 12.8 Å². The maximum absolute atomic E-state index is 12.2. The topological polar surface area (TPSA) is 75.3 Å². The predicted octanol–water partition coefficient (Wildman–Crippen LogP) is 3.18. The largest absolute Gasteiger partial charge is 0.322 e. The summed E-state index contributed by atoms with van der Waals surface area (Å²) in [5, 5.41) is 2.78. The minimum absolute atomic E-state index is 0.148. The fourth-order valence-electron chi connectivity index (χ4n) is 1.99. The lowest BCUT2D eigenvalue weighted by Gasteiger charge is -2.10. The van der Waals surface area contributed by atoms with E-state index in [9.17, 15) is 13.2 Å². The van der Waals surface area contributed by atoms with E-state index >= 15 is 0 Å². The van der Waals surface area contributed by atoms with E-state index in [0.29, 0.717) is 17.8 Å². The highest BCUT2D eigenvalue weighted by molar-refractivity contribution is 7.89. The van der Waals surface area contributed by atoms with E-state index < -0.39 is 10.0 Å². The van der Waals surface area contributed by atoms with Gasteiger partial charge in [-0.1, -0.05) is 31.5 Å². The summed E-state index contributed by atoms with van der Waals surface area (Å²) in [6.07, 6.45) is 0. The highest BCUT2D eigenvalue weighted by atomic mass is 32.2. The first kappa shape index (κ1) is 18.2. The highest BCUT2D eigenvalue weighted by Crippen LogP contribution is 2.14. The molecule has 0 spiro atoms. The van der Waals surface area contributed by atoms with Crippen molar-refractivity contribution in [3.63, 3.8) is 0 Å². The van der Waals surface area contributed by atoms with Gasteiger partial charge in [0.1, 0.15) is 0 Å². The Morgan fingerprint density at radius 2 is 1.58 bits per heavy atom. The number of anilines is 1. The quantitative estimate of drug-likeness (QED) is 0.843. The van der Waals surface area contributed by atoms with Crippen LogP contribution in [0.15, 0.2) is 53.4 Å². The summed E-state index contributed by atoms with van der Waals surface area (Å²) >= 11 is 0. The Balaban J connectivity index is 2.08. The van der Waals surface area contributed by atoms with Crippen LogP contribution < -0.4 is 10.0 Å². The normalized spacial score (nSPS) is 11.5. The molecule has 2 N–H and O–H groups in total. The second-order valence-corrected chi connectivity index (χ2v) is 7.86. The molecule has 128 valence electrons. The van der Waals surface area contributed by atoms with Crippen LogP contribution in [0.3, 0.4) is 0 Å². The second kappa shape index (κ2) is 7.59. The van der Waals surface area contributed by atoms with Gasteiger partial charge in [-0.2, -0.15) is 0 Å². The SMILES string of the molecule is Cc1ccc(NC(=O)c2ccc(S(=O)(=O)NCC(C)C)cc2)cc1. The summed E-state index contributed by atoms with van der Waals surface area (Å²) in [5.74, 6) is -0.0581. The van der Waals surface area contributed by atoms with E-state index in [4.69, 9.17) is 0 Å². The molecule has 24 heavy (non-hydrogen) atoms. The first-order valence-corrected chi connectivity index (χ1v) is 9.24. The lowest BCUT2D eigenvalue weighted by Crippen LogP contribution is -2.27. The van der Waals surface area contributed by atoms with Gasteiger partial charge in [0, 0.05) is 17.8 Å². The first-order chi connectivity index (χ1) is 11.3. The lowest BCUT2D eigenvalue weighted by atomic mass is 10.2. The monoisotopic (exact) mass is 346 g/mol. The van der Waals surface area contributed by atoms with Gasteiger partial charge in [-0.25, -0.2) is 13.1 Å². The minimum Gasteiger partial charge on any atom is -0.322 e. The lowest BCUT2D eigenvalue weighted by molar-refractivity contribution is 0.102. The molecule has 2 rings (SSSR count). The molecule has 0 saturated heterocycles. The van der Waals surface area contributed by atoms with Crippen LogP contribution in [0.2, 0.25) is 0 Å². The van der Waals surface area contributed by atoms with Crippen LogP contribution in [-0.2, 0) is 10.0 Å². The molecule has 2 aromatic carbocycles. The maximum atomic E-state index is 12.2. The number of hydrogen-bond acceptors (Lipinski definition) is 3. The van der Waals surface area contributed by atoms with Crippen LogP contribution >= 0.6 is 0 Å².